The van der Waals surface area contributed by atoms with Gasteiger partial charge in [-0.3, -0.25) is 0 Å². The summed E-state index contributed by atoms with van der Waals surface area (Å²) in [5, 5.41) is 36.2. The lowest BCUT2D eigenvalue weighted by Crippen LogP contribution is -2.45. The zero-order valence-electron chi connectivity index (χ0n) is 23.1. The Morgan fingerprint density at radius 3 is 1.60 bits per heavy atom. The van der Waals surface area contributed by atoms with Crippen LogP contribution in [0.2, 0.25) is 0 Å². The topological polar surface area (TPSA) is 139 Å². The van der Waals surface area contributed by atoms with E-state index in [1.807, 2.05) is 0 Å². The molecule has 0 bridgehead atoms. The van der Waals surface area contributed by atoms with Crippen LogP contribution in [0.3, 0.4) is 0 Å². The molecule has 2 aromatic carbocycles. The predicted octanol–water partition coefficient (Wildman–Crippen LogP) is 3.56. The molecule has 1 aliphatic heterocycles. The maximum Gasteiger partial charge on any atom is 0.416 e. The van der Waals surface area contributed by atoms with E-state index in [2.05, 4.69) is 20.6 Å². The van der Waals surface area contributed by atoms with Crippen molar-refractivity contribution in [2.45, 2.75) is 44.1 Å². The van der Waals surface area contributed by atoms with Crippen molar-refractivity contribution in [1.82, 2.24) is 30.0 Å². The van der Waals surface area contributed by atoms with Gasteiger partial charge in [0, 0.05) is 7.11 Å². The van der Waals surface area contributed by atoms with Crippen LogP contribution < -0.4 is 0 Å². The molecule has 1 unspecified atom stereocenters. The van der Waals surface area contributed by atoms with Gasteiger partial charge in [-0.15, -0.1) is 10.2 Å². The summed E-state index contributed by atoms with van der Waals surface area (Å²) >= 11 is 0. The molecule has 3 heterocycles. The first-order valence-electron chi connectivity index (χ1n) is 13.0. The van der Waals surface area contributed by atoms with Crippen LogP contribution in [-0.4, -0.2) is 72.4 Å². The highest BCUT2D eigenvalue weighted by atomic mass is 19.4. The average molecular weight is 643 g/mol. The van der Waals surface area contributed by atoms with E-state index in [4.69, 9.17) is 18.9 Å². The Bertz CT molecular complexity index is 1620. The zero-order chi connectivity index (χ0) is 32.4. The third-order valence-corrected chi connectivity index (χ3v) is 6.52. The van der Waals surface area contributed by atoms with Gasteiger partial charge in [-0.2, -0.15) is 26.3 Å². The SMILES string of the molecule is CO[C@@H]1OC(CO)[C@@H](O)C(OCc2cn(-c3ccc(C(F)(F)F)cc3)nn2)=C1OCc1cn(-c2ccc(C(F)(F)F)cc2)nn1. The van der Waals surface area contributed by atoms with E-state index in [1.165, 1.54) is 53.1 Å². The summed E-state index contributed by atoms with van der Waals surface area (Å²) in [5.74, 6) is -0.264. The molecule has 0 amide bonds. The molecule has 2 N–H and O–H groups in total. The van der Waals surface area contributed by atoms with Crippen molar-refractivity contribution in [2.75, 3.05) is 13.7 Å². The van der Waals surface area contributed by atoms with Crippen molar-refractivity contribution in [3.63, 3.8) is 0 Å². The molecule has 0 spiro atoms. The summed E-state index contributed by atoms with van der Waals surface area (Å²) in [5.41, 5.74) is -0.550. The van der Waals surface area contributed by atoms with Crippen molar-refractivity contribution in [3.8, 4) is 11.4 Å². The molecule has 45 heavy (non-hydrogen) atoms. The molecule has 1 aliphatic rings. The Morgan fingerprint density at radius 2 is 1.20 bits per heavy atom. The highest BCUT2D eigenvalue weighted by Gasteiger charge is 2.40. The number of ether oxygens (including phenoxy) is 4. The number of halogens is 6. The Morgan fingerprint density at radius 1 is 0.756 bits per heavy atom. The molecule has 0 aliphatic carbocycles. The predicted molar refractivity (Wildman–Crippen MR) is 138 cm³/mol. The minimum absolute atomic E-state index is 0.103. The van der Waals surface area contributed by atoms with Gasteiger partial charge in [0.1, 0.15) is 36.8 Å². The van der Waals surface area contributed by atoms with Gasteiger partial charge < -0.3 is 29.2 Å². The molecule has 18 heteroatoms. The van der Waals surface area contributed by atoms with Crippen LogP contribution in [0.15, 0.2) is 72.4 Å². The van der Waals surface area contributed by atoms with E-state index in [1.54, 1.807) is 0 Å². The van der Waals surface area contributed by atoms with Gasteiger partial charge in [0.2, 0.25) is 6.29 Å². The Kier molecular flexibility index (Phi) is 9.10. The number of aromatic nitrogens is 6. The van der Waals surface area contributed by atoms with Crippen LogP contribution in [0.1, 0.15) is 22.5 Å². The van der Waals surface area contributed by atoms with Crippen molar-refractivity contribution in [1.29, 1.82) is 0 Å². The molecule has 5 rings (SSSR count). The Hall–Kier alpha value is -4.52. The summed E-state index contributed by atoms with van der Waals surface area (Å²) in [7, 11) is 1.29. The van der Waals surface area contributed by atoms with Gasteiger partial charge >= 0.3 is 12.4 Å². The highest BCUT2D eigenvalue weighted by molar-refractivity contribution is 5.36. The number of benzene rings is 2. The largest absolute Gasteiger partial charge is 0.485 e. The number of aliphatic hydroxyl groups is 2. The number of hydrogen-bond donors (Lipinski definition) is 2. The second kappa shape index (κ2) is 12.8. The molecule has 12 nitrogen and oxygen atoms in total. The number of hydrogen-bond acceptors (Lipinski definition) is 10. The van der Waals surface area contributed by atoms with Gasteiger partial charge in [0.05, 0.1) is 41.5 Å². The molecule has 2 aromatic heterocycles. The van der Waals surface area contributed by atoms with Crippen LogP contribution in [0.25, 0.3) is 11.4 Å². The van der Waals surface area contributed by atoms with Crippen LogP contribution >= 0.6 is 0 Å². The Labute approximate surface area is 250 Å². The molecule has 0 saturated carbocycles. The molecule has 3 atom stereocenters. The number of alkyl halides is 6. The summed E-state index contributed by atoms with van der Waals surface area (Å²) in [6.07, 6.45) is -10.0. The molecule has 0 radical (unpaired) electrons. The van der Waals surface area contributed by atoms with Crippen LogP contribution in [0.5, 0.6) is 0 Å². The van der Waals surface area contributed by atoms with Gasteiger partial charge in [-0.05, 0) is 48.5 Å². The summed E-state index contributed by atoms with van der Waals surface area (Å²) in [6.45, 7) is -1.14. The smallest absolute Gasteiger partial charge is 0.416 e. The van der Waals surface area contributed by atoms with E-state index >= 15 is 0 Å². The summed E-state index contributed by atoms with van der Waals surface area (Å²) in [6, 6.07) is 8.53. The minimum Gasteiger partial charge on any atom is -0.485 e. The first kappa shape index (κ1) is 31.9. The highest BCUT2D eigenvalue weighted by Crippen LogP contribution is 2.32. The minimum atomic E-state index is -4.49. The van der Waals surface area contributed by atoms with E-state index in [0.29, 0.717) is 11.4 Å². The summed E-state index contributed by atoms with van der Waals surface area (Å²) in [4.78, 5) is 0. The third kappa shape index (κ3) is 7.25. The first-order chi connectivity index (χ1) is 21.4. The van der Waals surface area contributed by atoms with Crippen molar-refractivity contribution >= 4 is 0 Å². The van der Waals surface area contributed by atoms with Crippen LogP contribution in [-0.2, 0) is 44.5 Å². The fourth-order valence-electron chi connectivity index (χ4n) is 4.22. The number of rotatable bonds is 10. The monoisotopic (exact) mass is 642 g/mol. The fraction of sp³-hybridized carbons (Fsp3) is 0.333. The number of methoxy groups -OCH3 is 1. The fourth-order valence-corrected chi connectivity index (χ4v) is 4.22. The van der Waals surface area contributed by atoms with Crippen molar-refractivity contribution in [2.24, 2.45) is 0 Å². The summed E-state index contributed by atoms with van der Waals surface area (Å²) < 4.78 is 102. The second-order valence-corrected chi connectivity index (χ2v) is 9.57. The zero-order valence-corrected chi connectivity index (χ0v) is 23.1. The second-order valence-electron chi connectivity index (χ2n) is 9.57. The molecule has 0 saturated heterocycles. The van der Waals surface area contributed by atoms with E-state index in [9.17, 15) is 36.6 Å². The maximum atomic E-state index is 12.9. The van der Waals surface area contributed by atoms with Crippen LogP contribution in [0.4, 0.5) is 26.3 Å². The van der Waals surface area contributed by atoms with Gasteiger partial charge in [-0.1, -0.05) is 10.4 Å². The normalized spacial score (nSPS) is 19.2. The van der Waals surface area contributed by atoms with Gasteiger partial charge in [0.15, 0.2) is 11.5 Å². The van der Waals surface area contributed by atoms with Crippen molar-refractivity contribution < 1.29 is 55.5 Å². The van der Waals surface area contributed by atoms with Gasteiger partial charge in [0.25, 0.3) is 0 Å². The molecule has 0 fully saturated rings. The quantitative estimate of drug-likeness (QED) is 0.247. The molecule has 240 valence electrons. The lowest BCUT2D eigenvalue weighted by Gasteiger charge is -2.34. The van der Waals surface area contributed by atoms with Crippen LogP contribution in [0, 0.1) is 0 Å². The third-order valence-electron chi connectivity index (χ3n) is 6.52. The maximum absolute atomic E-state index is 12.9. The van der Waals surface area contributed by atoms with E-state index in [-0.39, 0.29) is 36.1 Å². The molecular weight excluding hydrogens is 618 g/mol. The lowest BCUT2D eigenvalue weighted by atomic mass is 10.1. The number of nitrogens with zero attached hydrogens (tertiary/aromatic N) is 6. The van der Waals surface area contributed by atoms with Gasteiger partial charge in [-0.25, -0.2) is 9.36 Å². The van der Waals surface area contributed by atoms with Crippen molar-refractivity contribution in [3.05, 3.63) is 95.0 Å². The molecular formula is C27H24F6N6O6. The number of aliphatic hydroxyl groups excluding tert-OH is 2. The standard InChI is InChI=1S/C27H24F6N6O6/c1-42-25-24(44-14-18-11-39(37-35-18)20-8-4-16(5-9-20)27(31,32)33)23(22(41)21(12-40)45-25)43-13-17-10-38(36-34-17)19-6-2-15(3-7-19)26(28,29)30/h2-11,21-22,25,40-41H,12-14H2,1H3/t21?,22-,25-/m1/s1. The van der Waals surface area contributed by atoms with E-state index in [0.717, 1.165) is 24.3 Å². The first-order valence-corrected chi connectivity index (χ1v) is 13.0. The molecule has 4 aromatic rings. The Balaban J connectivity index is 1.31. The van der Waals surface area contributed by atoms with E-state index < -0.39 is 48.6 Å². The lowest BCUT2D eigenvalue weighted by molar-refractivity contribution is -0.209. The average Bonchev–Trinajstić information content (AvgIpc) is 3.69.